The van der Waals surface area contributed by atoms with Crippen LogP contribution in [-0.2, 0) is 6.42 Å². The summed E-state index contributed by atoms with van der Waals surface area (Å²) in [5, 5.41) is 17.0. The molecule has 0 amide bonds. The number of aryl methyl sites for hydroxylation is 2. The molecule has 2 heterocycles. The van der Waals surface area contributed by atoms with Crippen LogP contribution < -0.4 is 10.1 Å². The molecule has 188 valence electrons. The fourth-order valence-corrected chi connectivity index (χ4v) is 4.85. The molecule has 1 atom stereocenters. The van der Waals surface area contributed by atoms with Crippen LogP contribution in [0.5, 0.6) is 5.75 Å². The molecule has 0 spiro atoms. The molecule has 7 nitrogen and oxygen atoms in total. The Morgan fingerprint density at radius 1 is 1.17 bits per heavy atom. The number of benzene rings is 1. The molecule has 2 aromatic heterocycles. The first kappa shape index (κ1) is 25.3. The summed E-state index contributed by atoms with van der Waals surface area (Å²) >= 11 is 0. The zero-order chi connectivity index (χ0) is 24.9. The van der Waals surface area contributed by atoms with Gasteiger partial charge in [-0.05, 0) is 63.9 Å². The quantitative estimate of drug-likeness (QED) is 0.446. The SMILES string of the molecule is CNCC(O)COc1cc(-c2nc(CC3CCCCC3)c(C)c(-c3c(C)noc3C)n2)ccc1F. The number of aliphatic hydroxyl groups is 1. The molecule has 3 aromatic rings. The fourth-order valence-electron chi connectivity index (χ4n) is 4.85. The van der Waals surface area contributed by atoms with E-state index in [-0.39, 0.29) is 12.4 Å². The average Bonchev–Trinajstić information content (AvgIpc) is 3.18. The van der Waals surface area contributed by atoms with E-state index in [2.05, 4.69) is 17.4 Å². The number of aliphatic hydroxyl groups excluding tert-OH is 1. The van der Waals surface area contributed by atoms with Crippen LogP contribution in [0.2, 0.25) is 0 Å². The lowest BCUT2D eigenvalue weighted by atomic mass is 9.85. The molecule has 2 N–H and O–H groups in total. The van der Waals surface area contributed by atoms with E-state index in [4.69, 9.17) is 19.2 Å². The standard InChI is InChI=1S/C27H35FN4O3/c1-16-23(12-19-8-6-5-7-9-19)30-27(31-26(16)25-17(2)32-35-18(25)3)20-10-11-22(28)24(13-20)34-15-21(33)14-29-4/h10-11,13,19,21,29,33H,5-9,12,14-15H2,1-4H3. The van der Waals surface area contributed by atoms with Gasteiger partial charge in [-0.25, -0.2) is 14.4 Å². The fraction of sp³-hybridized carbons (Fsp3) is 0.519. The van der Waals surface area contributed by atoms with Crippen molar-refractivity contribution in [3.8, 4) is 28.4 Å². The van der Waals surface area contributed by atoms with Crippen LogP contribution in [0.3, 0.4) is 0 Å². The van der Waals surface area contributed by atoms with Gasteiger partial charge >= 0.3 is 0 Å². The molecule has 4 rings (SSSR count). The van der Waals surface area contributed by atoms with Crippen LogP contribution in [0.4, 0.5) is 4.39 Å². The van der Waals surface area contributed by atoms with Gasteiger partial charge in [-0.1, -0.05) is 37.3 Å². The Labute approximate surface area is 206 Å². The second-order valence-corrected chi connectivity index (χ2v) is 9.54. The van der Waals surface area contributed by atoms with E-state index >= 15 is 0 Å². The summed E-state index contributed by atoms with van der Waals surface area (Å²) in [5.41, 5.74) is 5.15. The first-order valence-corrected chi connectivity index (χ1v) is 12.4. The number of hydrogen-bond donors (Lipinski definition) is 2. The van der Waals surface area contributed by atoms with Crippen LogP contribution >= 0.6 is 0 Å². The Morgan fingerprint density at radius 3 is 2.63 bits per heavy atom. The van der Waals surface area contributed by atoms with Crippen molar-refractivity contribution in [3.05, 3.63) is 46.7 Å². The summed E-state index contributed by atoms with van der Waals surface area (Å²) in [4.78, 5) is 9.87. The van der Waals surface area contributed by atoms with E-state index in [0.29, 0.717) is 29.6 Å². The van der Waals surface area contributed by atoms with Gasteiger partial charge in [0, 0.05) is 17.8 Å². The molecule has 8 heteroatoms. The van der Waals surface area contributed by atoms with Gasteiger partial charge in [0.2, 0.25) is 0 Å². The minimum Gasteiger partial charge on any atom is -0.488 e. The number of halogens is 1. The van der Waals surface area contributed by atoms with Crippen LogP contribution in [0, 0.1) is 32.5 Å². The number of aromatic nitrogens is 3. The van der Waals surface area contributed by atoms with E-state index < -0.39 is 11.9 Å². The minimum absolute atomic E-state index is 0.0206. The number of ether oxygens (including phenoxy) is 1. The third-order valence-electron chi connectivity index (χ3n) is 6.78. The third-order valence-corrected chi connectivity index (χ3v) is 6.78. The van der Waals surface area contributed by atoms with E-state index in [9.17, 15) is 9.50 Å². The molecule has 0 aliphatic heterocycles. The van der Waals surface area contributed by atoms with Crippen molar-refractivity contribution in [3.63, 3.8) is 0 Å². The predicted molar refractivity (Wildman–Crippen MR) is 133 cm³/mol. The molecule has 1 fully saturated rings. The summed E-state index contributed by atoms with van der Waals surface area (Å²) in [6.07, 6.45) is 6.39. The Bertz CT molecular complexity index is 1140. The lowest BCUT2D eigenvalue weighted by molar-refractivity contribution is 0.106. The number of rotatable bonds is 9. The zero-order valence-electron chi connectivity index (χ0n) is 21.0. The lowest BCUT2D eigenvalue weighted by Gasteiger charge is -2.22. The monoisotopic (exact) mass is 482 g/mol. The molecule has 0 bridgehead atoms. The van der Waals surface area contributed by atoms with Gasteiger partial charge < -0.3 is 19.7 Å². The normalized spacial score (nSPS) is 15.4. The van der Waals surface area contributed by atoms with E-state index in [0.717, 1.165) is 34.6 Å². The van der Waals surface area contributed by atoms with Crippen molar-refractivity contribution in [1.82, 2.24) is 20.4 Å². The number of nitrogens with one attached hydrogen (secondary N) is 1. The molecule has 1 aliphatic carbocycles. The van der Waals surface area contributed by atoms with Crippen molar-refractivity contribution in [2.24, 2.45) is 5.92 Å². The summed E-state index contributed by atoms with van der Waals surface area (Å²) < 4.78 is 25.5. The van der Waals surface area contributed by atoms with E-state index in [1.807, 2.05) is 13.8 Å². The predicted octanol–water partition coefficient (Wildman–Crippen LogP) is 4.94. The maximum Gasteiger partial charge on any atom is 0.165 e. The lowest BCUT2D eigenvalue weighted by Crippen LogP contribution is -2.29. The molecule has 1 unspecified atom stereocenters. The number of likely N-dealkylation sites (N-methyl/N-ethyl adjacent to an activating group) is 1. The Kier molecular flexibility index (Phi) is 8.13. The van der Waals surface area contributed by atoms with Gasteiger partial charge in [-0.3, -0.25) is 0 Å². The second-order valence-electron chi connectivity index (χ2n) is 9.54. The second kappa shape index (κ2) is 11.3. The van der Waals surface area contributed by atoms with Crippen molar-refractivity contribution < 1.29 is 18.8 Å². The van der Waals surface area contributed by atoms with Gasteiger partial charge in [0.05, 0.1) is 17.0 Å². The highest BCUT2D eigenvalue weighted by Gasteiger charge is 2.23. The molecule has 1 aromatic carbocycles. The largest absolute Gasteiger partial charge is 0.488 e. The van der Waals surface area contributed by atoms with Crippen molar-refractivity contribution in [2.75, 3.05) is 20.2 Å². The summed E-state index contributed by atoms with van der Waals surface area (Å²) in [7, 11) is 1.74. The molecular formula is C27H35FN4O3. The van der Waals surface area contributed by atoms with Crippen LogP contribution in [0.15, 0.2) is 22.7 Å². The number of hydrogen-bond acceptors (Lipinski definition) is 7. The van der Waals surface area contributed by atoms with Crippen LogP contribution in [-0.4, -0.2) is 46.5 Å². The Balaban J connectivity index is 1.74. The topological polar surface area (TPSA) is 93.3 Å². The van der Waals surface area contributed by atoms with E-state index in [1.54, 1.807) is 19.2 Å². The highest BCUT2D eigenvalue weighted by Crippen LogP contribution is 2.35. The first-order valence-electron chi connectivity index (χ1n) is 12.4. The summed E-state index contributed by atoms with van der Waals surface area (Å²) in [5.74, 6) is 1.39. The first-order chi connectivity index (χ1) is 16.9. The minimum atomic E-state index is -0.744. The molecular weight excluding hydrogens is 447 g/mol. The van der Waals surface area contributed by atoms with Gasteiger partial charge in [0.25, 0.3) is 0 Å². The molecule has 1 aliphatic rings. The molecule has 35 heavy (non-hydrogen) atoms. The smallest absolute Gasteiger partial charge is 0.165 e. The van der Waals surface area contributed by atoms with Gasteiger partial charge in [0.15, 0.2) is 17.4 Å². The highest BCUT2D eigenvalue weighted by atomic mass is 19.1. The third kappa shape index (κ3) is 5.87. The molecule has 1 saturated carbocycles. The molecule has 0 saturated heterocycles. The van der Waals surface area contributed by atoms with Crippen molar-refractivity contribution >= 4 is 0 Å². The maximum atomic E-state index is 14.5. The maximum absolute atomic E-state index is 14.5. The molecule has 0 radical (unpaired) electrons. The van der Waals surface area contributed by atoms with Crippen LogP contribution in [0.25, 0.3) is 22.6 Å². The van der Waals surface area contributed by atoms with Gasteiger partial charge in [0.1, 0.15) is 18.5 Å². The Morgan fingerprint density at radius 2 is 1.94 bits per heavy atom. The Hall–Kier alpha value is -2.84. The summed E-state index contributed by atoms with van der Waals surface area (Å²) in [6.45, 7) is 6.19. The summed E-state index contributed by atoms with van der Waals surface area (Å²) in [6, 6.07) is 4.63. The van der Waals surface area contributed by atoms with Gasteiger partial charge in [-0.15, -0.1) is 0 Å². The number of nitrogens with zero attached hydrogens (tertiary/aromatic N) is 3. The zero-order valence-corrected chi connectivity index (χ0v) is 21.0. The van der Waals surface area contributed by atoms with Gasteiger partial charge in [-0.2, -0.15) is 0 Å². The van der Waals surface area contributed by atoms with Crippen LogP contribution in [0.1, 0.15) is 54.8 Å². The van der Waals surface area contributed by atoms with Crippen molar-refractivity contribution in [1.29, 1.82) is 0 Å². The highest BCUT2D eigenvalue weighted by molar-refractivity contribution is 5.71. The average molecular weight is 483 g/mol. The van der Waals surface area contributed by atoms with Crippen molar-refractivity contribution in [2.45, 2.75) is 65.4 Å². The van der Waals surface area contributed by atoms with E-state index in [1.165, 1.54) is 38.2 Å².